The topological polar surface area (TPSA) is 38.8 Å². The summed E-state index contributed by atoms with van der Waals surface area (Å²) >= 11 is 0. The van der Waals surface area contributed by atoms with Crippen molar-refractivity contribution in [3.8, 4) is 0 Å². The summed E-state index contributed by atoms with van der Waals surface area (Å²) in [5.41, 5.74) is 0.498. The minimum atomic E-state index is -0.243. The van der Waals surface area contributed by atoms with E-state index >= 15 is 0 Å². The van der Waals surface area contributed by atoms with Gasteiger partial charge in [-0.2, -0.15) is 0 Å². The summed E-state index contributed by atoms with van der Waals surface area (Å²) in [5, 5.41) is 0. The smallest absolute Gasteiger partial charge is 0.333 e. The molecule has 19 heavy (non-hydrogen) atoms. The predicted molar refractivity (Wildman–Crippen MR) is 70.4 cm³/mol. The molecule has 0 aromatic rings. The van der Waals surface area contributed by atoms with Crippen molar-refractivity contribution in [2.24, 2.45) is 29.6 Å². The highest BCUT2D eigenvalue weighted by Gasteiger charge is 2.66. The van der Waals surface area contributed by atoms with E-state index in [0.29, 0.717) is 24.4 Å². The Hall–Kier alpha value is -0.830. The summed E-state index contributed by atoms with van der Waals surface area (Å²) < 4.78 is 11.0. The van der Waals surface area contributed by atoms with Crippen LogP contribution in [0.3, 0.4) is 0 Å². The van der Waals surface area contributed by atoms with Crippen LogP contribution in [-0.4, -0.2) is 24.8 Å². The lowest BCUT2D eigenvalue weighted by Crippen LogP contribution is -2.29. The van der Waals surface area contributed by atoms with Crippen LogP contribution in [0.25, 0.3) is 0 Å². The van der Waals surface area contributed by atoms with Crippen LogP contribution >= 0.6 is 0 Å². The second kappa shape index (κ2) is 4.08. The first kappa shape index (κ1) is 12.0. The highest BCUT2D eigenvalue weighted by atomic mass is 16.6. The number of esters is 1. The Labute approximate surface area is 114 Å². The van der Waals surface area contributed by atoms with Crippen LogP contribution in [0.5, 0.6) is 0 Å². The van der Waals surface area contributed by atoms with Gasteiger partial charge in [-0.1, -0.05) is 6.58 Å². The second-order valence-electron chi connectivity index (χ2n) is 6.98. The lowest BCUT2D eigenvalue weighted by molar-refractivity contribution is -0.139. The van der Waals surface area contributed by atoms with E-state index in [-0.39, 0.29) is 5.97 Å². The third-order valence-electron chi connectivity index (χ3n) is 5.96. The van der Waals surface area contributed by atoms with Crippen LogP contribution in [0.2, 0.25) is 0 Å². The van der Waals surface area contributed by atoms with Crippen molar-refractivity contribution in [1.82, 2.24) is 0 Å². The molecule has 3 aliphatic carbocycles. The van der Waals surface area contributed by atoms with Gasteiger partial charge in [0.25, 0.3) is 0 Å². The van der Waals surface area contributed by atoms with Crippen LogP contribution < -0.4 is 0 Å². The molecule has 4 aliphatic rings. The summed E-state index contributed by atoms with van der Waals surface area (Å²) in [6.45, 7) is 5.87. The number of carbonyl (C=O) groups excluding carboxylic acids is 1. The van der Waals surface area contributed by atoms with Crippen LogP contribution in [0, 0.1) is 29.6 Å². The van der Waals surface area contributed by atoms with Gasteiger partial charge in [0.15, 0.2) is 0 Å². The van der Waals surface area contributed by atoms with Gasteiger partial charge in [0, 0.05) is 5.57 Å². The van der Waals surface area contributed by atoms with E-state index in [0.717, 1.165) is 36.0 Å². The molecule has 1 aliphatic heterocycles. The van der Waals surface area contributed by atoms with E-state index in [1.54, 1.807) is 6.92 Å². The Morgan fingerprint density at radius 3 is 2.95 bits per heavy atom. The van der Waals surface area contributed by atoms with Crippen molar-refractivity contribution in [2.45, 2.75) is 44.8 Å². The van der Waals surface area contributed by atoms with Crippen LogP contribution in [0.4, 0.5) is 0 Å². The highest BCUT2D eigenvalue weighted by Crippen LogP contribution is 2.66. The fraction of sp³-hybridized carbons (Fsp3) is 0.812. The molecule has 3 nitrogen and oxygen atoms in total. The minimum absolute atomic E-state index is 0.243. The van der Waals surface area contributed by atoms with E-state index in [9.17, 15) is 4.79 Å². The second-order valence-corrected chi connectivity index (χ2v) is 6.98. The number of carbonyl (C=O) groups is 1. The monoisotopic (exact) mass is 262 g/mol. The molecule has 1 heterocycles. The summed E-state index contributed by atoms with van der Waals surface area (Å²) in [4.78, 5) is 11.4. The molecule has 1 saturated heterocycles. The third kappa shape index (κ3) is 1.78. The maximum Gasteiger partial charge on any atom is 0.333 e. The Bertz CT molecular complexity index is 430. The Kier molecular flexibility index (Phi) is 2.57. The van der Waals surface area contributed by atoms with Gasteiger partial charge in [0.2, 0.25) is 0 Å². The molecular weight excluding hydrogens is 240 g/mol. The summed E-state index contributed by atoms with van der Waals surface area (Å²) in [7, 11) is 0. The molecule has 0 amide bonds. The minimum Gasteiger partial charge on any atom is -0.462 e. The molecule has 2 bridgehead atoms. The van der Waals surface area contributed by atoms with Gasteiger partial charge in [-0.05, 0) is 62.2 Å². The van der Waals surface area contributed by atoms with Crippen molar-refractivity contribution in [3.05, 3.63) is 12.2 Å². The normalized spacial score (nSPS) is 48.8. The van der Waals surface area contributed by atoms with Crippen molar-refractivity contribution in [3.63, 3.8) is 0 Å². The quantitative estimate of drug-likeness (QED) is 0.444. The van der Waals surface area contributed by atoms with Gasteiger partial charge >= 0.3 is 5.97 Å². The van der Waals surface area contributed by atoms with E-state index in [1.165, 1.54) is 19.3 Å². The average Bonchev–Trinajstić information content (AvgIpc) is 2.75. The van der Waals surface area contributed by atoms with E-state index in [1.807, 2.05) is 0 Å². The summed E-state index contributed by atoms with van der Waals surface area (Å²) in [6, 6.07) is 0. The van der Waals surface area contributed by atoms with Gasteiger partial charge in [0.05, 0.1) is 18.8 Å². The predicted octanol–water partition coefficient (Wildman–Crippen LogP) is 2.56. The summed E-state index contributed by atoms with van der Waals surface area (Å²) in [6.07, 6.45) is 6.33. The van der Waals surface area contributed by atoms with Crippen molar-refractivity contribution in [2.75, 3.05) is 6.61 Å². The van der Waals surface area contributed by atoms with E-state index in [2.05, 4.69) is 6.58 Å². The molecule has 104 valence electrons. The lowest BCUT2D eigenvalue weighted by Gasteiger charge is -2.32. The fourth-order valence-electron chi connectivity index (χ4n) is 5.20. The van der Waals surface area contributed by atoms with Gasteiger partial charge in [-0.3, -0.25) is 0 Å². The molecule has 0 radical (unpaired) electrons. The molecule has 0 aromatic heterocycles. The Balaban J connectivity index is 1.32. The molecule has 0 aromatic carbocycles. The zero-order valence-electron chi connectivity index (χ0n) is 11.5. The molecular formula is C16H22O3. The van der Waals surface area contributed by atoms with Gasteiger partial charge in [-0.25, -0.2) is 4.79 Å². The van der Waals surface area contributed by atoms with Crippen molar-refractivity contribution >= 4 is 5.97 Å². The summed E-state index contributed by atoms with van der Waals surface area (Å²) in [5.74, 6) is 4.09. The first-order valence-corrected chi connectivity index (χ1v) is 7.63. The van der Waals surface area contributed by atoms with Crippen LogP contribution in [0.15, 0.2) is 12.2 Å². The third-order valence-corrected chi connectivity index (χ3v) is 5.96. The van der Waals surface area contributed by atoms with Crippen LogP contribution in [0.1, 0.15) is 32.6 Å². The Morgan fingerprint density at radius 1 is 1.32 bits per heavy atom. The number of hydrogen-bond acceptors (Lipinski definition) is 3. The lowest BCUT2D eigenvalue weighted by atomic mass is 9.74. The molecule has 4 fully saturated rings. The highest BCUT2D eigenvalue weighted by molar-refractivity contribution is 5.86. The molecule has 3 heteroatoms. The standard InChI is InChI=1S/C16H22O3/c1-8(2)16(17)18-4-3-9-5-10-6-11(9)14-12(10)7-13-15(14)19-13/h9-15H,1,3-7H2,2H3. The zero-order valence-corrected chi connectivity index (χ0v) is 11.5. The molecule has 0 N–H and O–H groups in total. The molecule has 0 spiro atoms. The van der Waals surface area contributed by atoms with E-state index < -0.39 is 0 Å². The number of epoxide rings is 1. The number of hydrogen-bond donors (Lipinski definition) is 0. The van der Waals surface area contributed by atoms with E-state index in [4.69, 9.17) is 9.47 Å². The first-order valence-electron chi connectivity index (χ1n) is 7.63. The first-order chi connectivity index (χ1) is 9.15. The molecule has 7 unspecified atom stereocenters. The number of rotatable bonds is 4. The number of ether oxygens (including phenoxy) is 2. The van der Waals surface area contributed by atoms with Crippen molar-refractivity contribution < 1.29 is 14.3 Å². The van der Waals surface area contributed by atoms with Gasteiger partial charge in [-0.15, -0.1) is 0 Å². The number of fused-ring (bicyclic) bond motifs is 7. The zero-order chi connectivity index (χ0) is 13.1. The van der Waals surface area contributed by atoms with Crippen LogP contribution in [-0.2, 0) is 14.3 Å². The molecule has 3 saturated carbocycles. The van der Waals surface area contributed by atoms with Gasteiger partial charge in [0.1, 0.15) is 0 Å². The molecule has 4 rings (SSSR count). The molecule has 7 atom stereocenters. The SMILES string of the molecule is C=C(C)C(=O)OCCC1CC2CC1C1C2CC2OC21. The van der Waals surface area contributed by atoms with Crippen molar-refractivity contribution in [1.29, 1.82) is 0 Å². The average molecular weight is 262 g/mol. The van der Waals surface area contributed by atoms with Gasteiger partial charge < -0.3 is 9.47 Å². The maximum absolute atomic E-state index is 11.4. The largest absolute Gasteiger partial charge is 0.462 e. The fourth-order valence-corrected chi connectivity index (χ4v) is 5.20. The maximum atomic E-state index is 11.4. The Morgan fingerprint density at radius 2 is 2.16 bits per heavy atom.